The average Bonchev–Trinajstić information content (AvgIpc) is 3.45. The first-order valence-corrected chi connectivity index (χ1v) is 12.8. The number of carboxylic acid groups (broad SMARTS) is 1. The number of nitrogens with zero attached hydrogens (tertiary/aromatic N) is 4. The number of benzene rings is 3. The second-order valence-corrected chi connectivity index (χ2v) is 9.65. The summed E-state index contributed by atoms with van der Waals surface area (Å²) >= 11 is 0. The van der Waals surface area contributed by atoms with E-state index in [0.29, 0.717) is 59.1 Å². The zero-order chi connectivity index (χ0) is 26.9. The van der Waals surface area contributed by atoms with Gasteiger partial charge in [-0.2, -0.15) is 0 Å². The highest BCUT2D eigenvalue weighted by molar-refractivity contribution is 6.04. The van der Waals surface area contributed by atoms with Gasteiger partial charge in [0.2, 0.25) is 11.8 Å². The number of aromatic nitrogens is 3. The Labute approximate surface area is 223 Å². The minimum atomic E-state index is -1.07. The lowest BCUT2D eigenvalue weighted by Crippen LogP contribution is -2.36. The highest BCUT2D eigenvalue weighted by Gasteiger charge is 2.28. The van der Waals surface area contributed by atoms with Gasteiger partial charge in [0.05, 0.1) is 11.3 Å². The van der Waals surface area contributed by atoms with Crippen LogP contribution in [0.2, 0.25) is 0 Å². The monoisotopic (exact) mass is 524 g/mol. The molecule has 1 aliphatic rings. The number of fused-ring (bicyclic) bond motifs is 1. The molecule has 196 valence electrons. The number of halogens is 1. The lowest BCUT2D eigenvalue weighted by Gasteiger charge is -2.31. The van der Waals surface area contributed by atoms with Crippen molar-refractivity contribution in [1.82, 2.24) is 19.7 Å². The van der Waals surface area contributed by atoms with Crippen LogP contribution in [0.15, 0.2) is 88.1 Å². The maximum atomic E-state index is 13.6. The molecule has 0 unspecified atom stereocenters. The number of likely N-dealkylation sites (tertiary alicyclic amines) is 1. The lowest BCUT2D eigenvalue weighted by atomic mass is 9.96. The molecule has 3 aromatic carbocycles. The van der Waals surface area contributed by atoms with Crippen LogP contribution in [-0.2, 0) is 6.54 Å². The van der Waals surface area contributed by atoms with Crippen molar-refractivity contribution in [2.24, 2.45) is 0 Å². The van der Waals surface area contributed by atoms with Crippen molar-refractivity contribution in [2.45, 2.75) is 25.3 Å². The van der Waals surface area contributed by atoms with Crippen LogP contribution in [-0.4, -0.2) is 43.8 Å². The van der Waals surface area contributed by atoms with Crippen molar-refractivity contribution in [3.8, 4) is 17.1 Å². The molecule has 8 nitrogen and oxygen atoms in total. The number of rotatable bonds is 6. The number of hydrogen-bond donors (Lipinski definition) is 1. The van der Waals surface area contributed by atoms with Crippen LogP contribution in [0.25, 0.3) is 27.9 Å². The van der Waals surface area contributed by atoms with Crippen molar-refractivity contribution in [1.29, 1.82) is 0 Å². The summed E-state index contributed by atoms with van der Waals surface area (Å²) in [6.07, 6.45) is 1.47. The summed E-state index contributed by atoms with van der Waals surface area (Å²) < 4.78 is 20.7. The van der Waals surface area contributed by atoms with E-state index < -0.39 is 5.97 Å². The van der Waals surface area contributed by atoms with Crippen LogP contribution >= 0.6 is 0 Å². The number of piperidine rings is 1. The molecule has 6 rings (SSSR count). The van der Waals surface area contributed by atoms with E-state index in [1.807, 2.05) is 30.3 Å². The normalized spacial score (nSPS) is 14.6. The highest BCUT2D eigenvalue weighted by atomic mass is 19.1. The first-order valence-electron chi connectivity index (χ1n) is 12.8. The van der Waals surface area contributed by atoms with Crippen molar-refractivity contribution in [3.05, 3.63) is 112 Å². The van der Waals surface area contributed by atoms with Gasteiger partial charge in [-0.25, -0.2) is 9.18 Å². The van der Waals surface area contributed by atoms with Crippen LogP contribution in [0.5, 0.6) is 0 Å². The second-order valence-electron chi connectivity index (χ2n) is 9.65. The average molecular weight is 525 g/mol. The van der Waals surface area contributed by atoms with Crippen molar-refractivity contribution in [3.63, 3.8) is 0 Å². The maximum Gasteiger partial charge on any atom is 0.338 e. The summed E-state index contributed by atoms with van der Waals surface area (Å²) in [4.78, 5) is 28.4. The van der Waals surface area contributed by atoms with Gasteiger partial charge in [-0.1, -0.05) is 36.4 Å². The Balaban J connectivity index is 1.29. The van der Waals surface area contributed by atoms with Crippen molar-refractivity contribution < 1.29 is 18.7 Å². The standard InChI is InChI=1S/C30H25FN4O4/c31-21-12-10-19(11-13-21)27-32-33-28(39-27)20-14-16-34(17-15-20)18-25-26(30(37)38)23-8-4-5-9-24(23)29(36)35(25)22-6-2-1-3-7-22/h1-13,20H,14-18H2,(H,37,38). The molecule has 0 atom stereocenters. The molecule has 9 heteroatoms. The molecule has 1 aliphatic heterocycles. The number of hydrogen-bond acceptors (Lipinski definition) is 6. The van der Waals surface area contributed by atoms with Crippen LogP contribution in [0, 0.1) is 5.82 Å². The molecule has 0 spiro atoms. The summed E-state index contributed by atoms with van der Waals surface area (Å²) in [6, 6.07) is 21.9. The van der Waals surface area contributed by atoms with Crippen LogP contribution in [0.4, 0.5) is 4.39 Å². The first-order chi connectivity index (χ1) is 19.0. The van der Waals surface area contributed by atoms with Gasteiger partial charge >= 0.3 is 5.97 Å². The Morgan fingerprint density at radius 1 is 0.923 bits per heavy atom. The maximum absolute atomic E-state index is 13.6. The van der Waals surface area contributed by atoms with E-state index in [0.717, 1.165) is 12.8 Å². The van der Waals surface area contributed by atoms with E-state index >= 15 is 0 Å². The summed E-state index contributed by atoms with van der Waals surface area (Å²) in [7, 11) is 0. The Hall–Kier alpha value is -4.63. The summed E-state index contributed by atoms with van der Waals surface area (Å²) in [5, 5.41) is 19.5. The van der Waals surface area contributed by atoms with Crippen molar-refractivity contribution in [2.75, 3.05) is 13.1 Å². The molecule has 0 aliphatic carbocycles. The number of carbonyl (C=O) groups is 1. The van der Waals surface area contributed by atoms with E-state index in [4.69, 9.17) is 4.42 Å². The molecule has 5 aromatic rings. The zero-order valence-electron chi connectivity index (χ0n) is 21.0. The molecule has 2 aromatic heterocycles. The van der Waals surface area contributed by atoms with Crippen molar-refractivity contribution >= 4 is 16.7 Å². The summed E-state index contributed by atoms with van der Waals surface area (Å²) in [5.74, 6) is -0.468. The third-order valence-electron chi connectivity index (χ3n) is 7.26. The zero-order valence-corrected chi connectivity index (χ0v) is 21.0. The third kappa shape index (κ3) is 4.72. The minimum absolute atomic E-state index is 0.0508. The van der Waals surface area contributed by atoms with Gasteiger partial charge in [-0.15, -0.1) is 10.2 Å². The van der Waals surface area contributed by atoms with Gasteiger partial charge in [0.15, 0.2) is 0 Å². The second kappa shape index (κ2) is 10.3. The summed E-state index contributed by atoms with van der Waals surface area (Å²) in [5.41, 5.74) is 1.62. The van der Waals surface area contributed by atoms with E-state index in [-0.39, 0.29) is 22.9 Å². The largest absolute Gasteiger partial charge is 0.478 e. The summed E-state index contributed by atoms with van der Waals surface area (Å²) in [6.45, 7) is 1.62. The molecule has 1 N–H and O–H groups in total. The molecule has 1 fully saturated rings. The predicted molar refractivity (Wildman–Crippen MR) is 143 cm³/mol. The number of carboxylic acids is 1. The van der Waals surface area contributed by atoms with Gasteiger partial charge in [0.1, 0.15) is 5.82 Å². The number of pyridine rings is 1. The third-order valence-corrected chi connectivity index (χ3v) is 7.26. The molecular formula is C30H25FN4O4. The molecule has 3 heterocycles. The van der Waals surface area contributed by atoms with E-state index in [1.165, 1.54) is 16.7 Å². The van der Waals surface area contributed by atoms with Gasteiger partial charge in [-0.05, 0) is 68.4 Å². The van der Waals surface area contributed by atoms with E-state index in [9.17, 15) is 19.1 Å². The minimum Gasteiger partial charge on any atom is -0.478 e. The van der Waals surface area contributed by atoms with Gasteiger partial charge in [0.25, 0.3) is 5.56 Å². The molecule has 0 radical (unpaired) electrons. The fourth-order valence-electron chi connectivity index (χ4n) is 5.29. The molecule has 0 saturated carbocycles. The fraction of sp³-hybridized carbons (Fsp3) is 0.200. The van der Waals surface area contributed by atoms with Gasteiger partial charge in [0, 0.05) is 34.5 Å². The Morgan fingerprint density at radius 2 is 1.59 bits per heavy atom. The molecule has 0 bridgehead atoms. The predicted octanol–water partition coefficient (Wildman–Crippen LogP) is 5.26. The van der Waals surface area contributed by atoms with Gasteiger partial charge in [-0.3, -0.25) is 14.3 Å². The first kappa shape index (κ1) is 24.7. The quantitative estimate of drug-likeness (QED) is 0.323. The van der Waals surface area contributed by atoms with Crippen LogP contribution in [0.3, 0.4) is 0 Å². The van der Waals surface area contributed by atoms with Crippen LogP contribution in [0.1, 0.15) is 40.7 Å². The number of para-hydroxylation sites is 1. The van der Waals surface area contributed by atoms with E-state index in [2.05, 4.69) is 15.1 Å². The highest BCUT2D eigenvalue weighted by Crippen LogP contribution is 2.31. The fourth-order valence-corrected chi connectivity index (χ4v) is 5.29. The number of aromatic carboxylic acids is 1. The lowest BCUT2D eigenvalue weighted by molar-refractivity contribution is 0.0695. The smallest absolute Gasteiger partial charge is 0.338 e. The Kier molecular flexibility index (Phi) is 6.50. The Morgan fingerprint density at radius 3 is 2.28 bits per heavy atom. The van der Waals surface area contributed by atoms with Crippen LogP contribution < -0.4 is 5.56 Å². The SMILES string of the molecule is O=C(O)c1c(CN2CCC(c3nnc(-c4ccc(F)cc4)o3)CC2)n(-c2ccccc2)c(=O)c2ccccc12. The molecular weight excluding hydrogens is 499 g/mol. The molecule has 1 saturated heterocycles. The van der Waals surface area contributed by atoms with Gasteiger partial charge < -0.3 is 9.52 Å². The molecule has 39 heavy (non-hydrogen) atoms. The molecule has 0 amide bonds. The Bertz CT molecular complexity index is 1710. The van der Waals surface area contributed by atoms with E-state index in [1.54, 1.807) is 36.4 Å². The topological polar surface area (TPSA) is 101 Å².